The van der Waals surface area contributed by atoms with Crippen molar-refractivity contribution < 1.29 is 19.7 Å². The van der Waals surface area contributed by atoms with E-state index in [2.05, 4.69) is 339 Å². The van der Waals surface area contributed by atoms with E-state index in [-0.39, 0.29) is 97.2 Å². The van der Waals surface area contributed by atoms with Gasteiger partial charge in [-0.25, -0.2) is 0 Å². The zero-order valence-electron chi connectivity index (χ0n) is 66.0. The van der Waals surface area contributed by atoms with Crippen LogP contribution in [-0.2, 0) is 32.5 Å². The van der Waals surface area contributed by atoms with Crippen molar-refractivity contribution in [3.63, 3.8) is 0 Å². The summed E-state index contributed by atoms with van der Waals surface area (Å²) in [6, 6.07) is 47.2. The van der Waals surface area contributed by atoms with E-state index in [9.17, 15) is 10.2 Å². The van der Waals surface area contributed by atoms with Crippen LogP contribution in [0.15, 0.2) is 133 Å². The molecule has 9 unspecified atom stereocenters. The average molecular weight is 1730 g/mol. The number of nitrogens with zero attached hydrogens (tertiary/aromatic N) is 2. The smallest absolute Gasteiger partial charge is 0.147 e. The van der Waals surface area contributed by atoms with Gasteiger partial charge in [0.05, 0.1) is 46.7 Å². The third-order valence-electron chi connectivity index (χ3n) is 19.1. The molecule has 0 aliphatic carbocycles. The first kappa shape index (κ1) is 92.3. The molecule has 106 heavy (non-hydrogen) atoms. The van der Waals surface area contributed by atoms with E-state index in [1.807, 2.05) is 36.4 Å². The molecule has 10 rings (SSSR count). The van der Waals surface area contributed by atoms with Crippen LogP contribution < -0.4 is 9.47 Å². The standard InChI is InChI=1S/C83H100Cl2N2O4.CH4.H12P10.H6P4/c1-76(2,3)48-82(19,20)54-42-64(74(88)70(44-54)86-66-30-24-50(78(7,8)9)38-58(66)59-39-51(79(10,11)12)25-31-67(59)86)62-46-56(84)28-34-72(62)90-36-23-37-91-73-35-29-57(85)47-63(73)65-43-55(83(21,22)49-77(4,5)6)45-71(75(65)89)87-68-32-26-52(80(13,14)15)40-60(68)61-41-53(81(16,17)18)27-33-69(61)87;;1-7(2)10(8(3)4)9(5)6;1-4(2)3/h24-35,38-47,88-89H,23,36-37,48-49H2,1-22H3;1H4;1-6H2;1-3H2. The Bertz CT molecular complexity index is 4320. The molecule has 10 aromatic rings. The molecule has 0 fully saturated rings. The van der Waals surface area contributed by atoms with Gasteiger partial charge in [-0.3, -0.25) is 0 Å². The number of fused-ring (bicyclic) bond motifs is 6. The number of aromatic nitrogens is 2. The van der Waals surface area contributed by atoms with Crippen molar-refractivity contribution in [1.82, 2.24) is 9.13 Å². The summed E-state index contributed by atoms with van der Waals surface area (Å²) in [6.45, 7) is 51.4. The van der Waals surface area contributed by atoms with Crippen LogP contribution in [0.4, 0.5) is 0 Å². The van der Waals surface area contributed by atoms with E-state index in [0.29, 0.717) is 74.8 Å². The van der Waals surface area contributed by atoms with Gasteiger partial charge in [-0.05, 0) is 234 Å². The molecule has 0 bridgehead atoms. The first-order valence-corrected chi connectivity index (χ1v) is 59.9. The number of benzene rings is 8. The van der Waals surface area contributed by atoms with Crippen LogP contribution in [0.5, 0.6) is 23.0 Å². The van der Waals surface area contributed by atoms with E-state index in [1.54, 1.807) is 0 Å². The summed E-state index contributed by atoms with van der Waals surface area (Å²) in [5, 5.41) is 31.9. The quantitative estimate of drug-likeness (QED) is 0.0704. The van der Waals surface area contributed by atoms with E-state index >= 15 is 0 Å². The third kappa shape index (κ3) is 22.8. The Hall–Kier alpha value is -0.840. The fourth-order valence-electron chi connectivity index (χ4n) is 14.5. The molecule has 9 atom stereocenters. The zero-order valence-corrected chi connectivity index (χ0v) is 82.4. The van der Waals surface area contributed by atoms with Crippen molar-refractivity contribution >= 4 is 182 Å². The van der Waals surface area contributed by atoms with E-state index in [1.165, 1.54) is 22.3 Å². The van der Waals surface area contributed by atoms with E-state index < -0.39 is 0 Å². The SMILES string of the molecule is C.CC(C)(C)CC(C)(C)c1cc(-c2cc(Cl)ccc2OCCCOc2ccc(Cl)cc2-c2cc(C(C)(C)CC(C)(C)C)cc(-n3c4ccc(C(C)(C)C)cc4c4cc(C(C)(C)C)ccc43)c2O)c(O)c(-n2c3ccc(C(C)(C)C)cc3c3cc(C(C)(C)C)ccc32)c1.PP(P)P.PP(P)P(P(P)P)P(P)P. The number of hydrogen-bond acceptors (Lipinski definition) is 4. The van der Waals surface area contributed by atoms with Gasteiger partial charge >= 0.3 is 0 Å². The van der Waals surface area contributed by atoms with Crippen molar-refractivity contribution in [2.45, 2.75) is 212 Å². The maximum atomic E-state index is 13.1. The first-order chi connectivity index (χ1) is 48.2. The molecule has 0 saturated carbocycles. The second kappa shape index (κ2) is 36.1. The van der Waals surface area contributed by atoms with Crippen molar-refractivity contribution in [3.8, 4) is 56.6 Å². The van der Waals surface area contributed by atoms with Crippen LogP contribution in [0, 0.1) is 10.8 Å². The summed E-state index contributed by atoms with van der Waals surface area (Å²) in [4.78, 5) is 0. The first-order valence-electron chi connectivity index (χ1n) is 35.7. The molecular weight excluding hydrogens is 1610 g/mol. The fraction of sp³-hybridized carbons (Fsp3) is 0.429. The van der Waals surface area contributed by atoms with E-state index in [0.717, 1.165) is 67.6 Å². The third-order valence-corrected chi connectivity index (χ3v) is 69.1. The monoisotopic (exact) mass is 1730 g/mol. The number of ether oxygens (including phenoxy) is 2. The lowest BCUT2D eigenvalue weighted by atomic mass is 9.71. The molecule has 0 amide bonds. The Morgan fingerprint density at radius 2 is 0.613 bits per heavy atom. The second-order valence-electron chi connectivity index (χ2n) is 35.8. The molecule has 8 aromatic carbocycles. The van der Waals surface area contributed by atoms with Gasteiger partial charge in [0.2, 0.25) is 0 Å². The van der Waals surface area contributed by atoms with Gasteiger partial charge in [-0.15, -0.1) is 80.4 Å². The molecular formula is C84H122Cl2N2O4P14. The number of phenolic OH excluding ortho intramolecular Hbond substituents is 2. The van der Waals surface area contributed by atoms with Crippen LogP contribution in [-0.4, -0.2) is 32.6 Å². The van der Waals surface area contributed by atoms with Crippen LogP contribution >= 0.6 is 138 Å². The predicted molar refractivity (Wildman–Crippen MR) is 519 cm³/mol. The summed E-state index contributed by atoms with van der Waals surface area (Å²) < 4.78 is 18.1. The molecule has 0 aliphatic heterocycles. The molecule has 22 heteroatoms. The highest BCUT2D eigenvalue weighted by molar-refractivity contribution is 9.16. The van der Waals surface area contributed by atoms with Crippen molar-refractivity contribution in [1.29, 1.82) is 0 Å². The normalized spacial score (nSPS) is 13.0. The molecule has 6 nitrogen and oxygen atoms in total. The number of halogens is 2. The van der Waals surface area contributed by atoms with Crippen LogP contribution in [0.25, 0.3) is 77.2 Å². The molecule has 0 saturated heterocycles. The van der Waals surface area contributed by atoms with Crippen LogP contribution in [0.3, 0.4) is 0 Å². The molecule has 2 heterocycles. The molecule has 2 aromatic heterocycles. The summed E-state index contributed by atoms with van der Waals surface area (Å²) in [5.41, 5.74) is 14.5. The predicted octanol–water partition coefficient (Wildman–Crippen LogP) is 32.3. The van der Waals surface area contributed by atoms with Gasteiger partial charge in [0.25, 0.3) is 0 Å². The largest absolute Gasteiger partial charge is 0.505 e. The summed E-state index contributed by atoms with van der Waals surface area (Å²) in [5.74, 6) is 1.47. The van der Waals surface area contributed by atoms with Gasteiger partial charge < -0.3 is 28.8 Å². The topological polar surface area (TPSA) is 68.8 Å². The van der Waals surface area contributed by atoms with Crippen molar-refractivity contribution in [2.24, 2.45) is 10.8 Å². The van der Waals surface area contributed by atoms with Crippen molar-refractivity contribution in [3.05, 3.63) is 177 Å². The highest BCUT2D eigenvalue weighted by atomic mass is 35.5. The van der Waals surface area contributed by atoms with Gasteiger partial charge in [-0.2, -0.15) is 0 Å². The summed E-state index contributed by atoms with van der Waals surface area (Å²) >= 11 is 14.0. The summed E-state index contributed by atoms with van der Waals surface area (Å²) in [6.07, 6.45) is 2.31. The minimum absolute atomic E-state index is 0. The number of phenols is 2. The van der Waals surface area contributed by atoms with Gasteiger partial charge in [-0.1, -0.05) is 207 Å². The Balaban J connectivity index is 0.000000951. The molecule has 0 aliphatic rings. The van der Waals surface area contributed by atoms with Crippen LogP contribution in [0.1, 0.15) is 212 Å². The summed E-state index contributed by atoms with van der Waals surface area (Å²) in [7, 11) is 25.6. The van der Waals surface area contributed by atoms with Gasteiger partial charge in [0.15, 0.2) is 0 Å². The lowest BCUT2D eigenvalue weighted by molar-refractivity contribution is 0.248. The molecule has 2 N–H and O–H groups in total. The average Bonchev–Trinajstić information content (AvgIpc) is 1.56. The Morgan fingerprint density at radius 3 is 0.840 bits per heavy atom. The Kier molecular flexibility index (Phi) is 31.5. The number of hydrogen-bond donors (Lipinski definition) is 2. The zero-order chi connectivity index (χ0) is 78.6. The second-order valence-corrected chi connectivity index (χ2v) is 84.9. The fourth-order valence-corrected chi connectivity index (χ4v) is 101. The number of rotatable bonds is 17. The van der Waals surface area contributed by atoms with Gasteiger partial charge in [0, 0.05) is 60.3 Å². The van der Waals surface area contributed by atoms with Crippen molar-refractivity contribution in [2.75, 3.05) is 13.2 Å². The maximum absolute atomic E-state index is 13.1. The Labute approximate surface area is 674 Å². The highest BCUT2D eigenvalue weighted by Crippen LogP contribution is 3.10. The minimum Gasteiger partial charge on any atom is -0.505 e. The maximum Gasteiger partial charge on any atom is 0.147 e. The molecule has 0 radical (unpaired) electrons. The number of aromatic hydroxyl groups is 2. The van der Waals surface area contributed by atoms with Gasteiger partial charge in [0.1, 0.15) is 23.0 Å². The van der Waals surface area contributed by atoms with Crippen LogP contribution in [0.2, 0.25) is 10.0 Å². The van der Waals surface area contributed by atoms with E-state index in [4.69, 9.17) is 32.7 Å². The molecule has 0 spiro atoms. The molecule has 576 valence electrons. The highest BCUT2D eigenvalue weighted by Gasteiger charge is 2.34. The minimum atomic E-state index is -0.301. The lowest BCUT2D eigenvalue weighted by Gasteiger charge is -2.34. The Morgan fingerprint density at radius 1 is 0.349 bits per heavy atom. The lowest BCUT2D eigenvalue weighted by Crippen LogP contribution is -2.25.